The summed E-state index contributed by atoms with van der Waals surface area (Å²) < 4.78 is 0. The average Bonchev–Trinajstić information content (AvgIpc) is 2.49. The maximum atomic E-state index is 12.3. The summed E-state index contributed by atoms with van der Waals surface area (Å²) in [7, 11) is 0. The highest BCUT2D eigenvalue weighted by Crippen LogP contribution is 2.20. The van der Waals surface area contributed by atoms with E-state index in [1.807, 2.05) is 18.2 Å². The van der Waals surface area contributed by atoms with Gasteiger partial charge in [0.1, 0.15) is 0 Å². The molecule has 1 amide bonds. The van der Waals surface area contributed by atoms with Crippen molar-refractivity contribution in [1.29, 1.82) is 0 Å². The summed E-state index contributed by atoms with van der Waals surface area (Å²) >= 11 is 6.07. The minimum atomic E-state index is -0.00157. The van der Waals surface area contributed by atoms with Crippen LogP contribution in [-0.2, 0) is 4.79 Å². The predicted octanol–water partition coefficient (Wildman–Crippen LogP) is 2.74. The lowest BCUT2D eigenvalue weighted by atomic mass is 10.1. The molecule has 2 N–H and O–H groups in total. The molecule has 1 aliphatic heterocycles. The molecule has 1 fully saturated rings. The maximum Gasteiger partial charge on any atom is 0.238 e. The highest BCUT2D eigenvalue weighted by Gasteiger charge is 2.27. The van der Waals surface area contributed by atoms with Crippen LogP contribution in [0, 0.1) is 0 Å². The first-order valence-electron chi connectivity index (χ1n) is 7.65. The largest absolute Gasteiger partial charge is 0.324 e. The second kappa shape index (κ2) is 7.78. The molecular weight excluding hydrogens is 286 g/mol. The summed E-state index contributed by atoms with van der Waals surface area (Å²) in [6.07, 6.45) is 2.13. The van der Waals surface area contributed by atoms with E-state index in [0.717, 1.165) is 25.9 Å². The summed E-state index contributed by atoms with van der Waals surface area (Å²) in [5, 5.41) is 7.01. The number of nitrogens with zero attached hydrogens (tertiary/aromatic N) is 1. The molecule has 0 aromatic heterocycles. The number of hydrogen-bond acceptors (Lipinski definition) is 3. The van der Waals surface area contributed by atoms with E-state index in [1.54, 1.807) is 6.07 Å². The van der Waals surface area contributed by atoms with E-state index >= 15 is 0 Å². The third-order valence-corrected chi connectivity index (χ3v) is 4.40. The zero-order valence-electron chi connectivity index (χ0n) is 12.7. The lowest BCUT2D eigenvalue weighted by molar-refractivity contribution is -0.118. The van der Waals surface area contributed by atoms with E-state index in [0.29, 0.717) is 29.3 Å². The number of carbonyl (C=O) groups is 1. The van der Waals surface area contributed by atoms with Crippen LogP contribution >= 0.6 is 11.6 Å². The SMILES string of the molecule is CCC1CN(CC(=O)Nc2ccccc2Cl)C(CC)CN1. The van der Waals surface area contributed by atoms with Gasteiger partial charge in [-0.3, -0.25) is 9.69 Å². The number of halogens is 1. The van der Waals surface area contributed by atoms with E-state index in [2.05, 4.69) is 29.4 Å². The van der Waals surface area contributed by atoms with Crippen molar-refractivity contribution in [1.82, 2.24) is 10.2 Å². The Balaban J connectivity index is 1.95. The molecule has 2 unspecified atom stereocenters. The zero-order valence-corrected chi connectivity index (χ0v) is 13.5. The van der Waals surface area contributed by atoms with Gasteiger partial charge >= 0.3 is 0 Å². The molecule has 2 atom stereocenters. The zero-order chi connectivity index (χ0) is 15.2. The quantitative estimate of drug-likeness (QED) is 0.879. The number of rotatable bonds is 5. The average molecular weight is 310 g/mol. The molecule has 0 bridgehead atoms. The van der Waals surface area contributed by atoms with Gasteiger partial charge in [-0.25, -0.2) is 0 Å². The standard InChI is InChI=1S/C16H24ClN3O/c1-3-12-10-20(13(4-2)9-18-12)11-16(21)19-15-8-6-5-7-14(15)17/h5-8,12-13,18H,3-4,9-11H2,1-2H3,(H,19,21). The smallest absolute Gasteiger partial charge is 0.238 e. The first kappa shape index (κ1) is 16.3. The van der Waals surface area contributed by atoms with Crippen molar-refractivity contribution in [3.05, 3.63) is 29.3 Å². The third kappa shape index (κ3) is 4.43. The maximum absolute atomic E-state index is 12.3. The summed E-state index contributed by atoms with van der Waals surface area (Å²) in [5.41, 5.74) is 0.680. The Kier molecular flexibility index (Phi) is 6.03. The molecule has 21 heavy (non-hydrogen) atoms. The van der Waals surface area contributed by atoms with Gasteiger partial charge in [0.05, 0.1) is 17.3 Å². The summed E-state index contributed by atoms with van der Waals surface area (Å²) in [6.45, 7) is 6.63. The van der Waals surface area contributed by atoms with Crippen LogP contribution in [0.3, 0.4) is 0 Å². The van der Waals surface area contributed by atoms with E-state index in [4.69, 9.17) is 11.6 Å². The number of para-hydroxylation sites is 1. The second-order valence-electron chi connectivity index (χ2n) is 5.53. The molecule has 4 nitrogen and oxygen atoms in total. The van der Waals surface area contributed by atoms with Crippen molar-refractivity contribution in [2.75, 3.05) is 25.0 Å². The summed E-state index contributed by atoms with van der Waals surface area (Å²) in [6, 6.07) is 8.22. The number of anilines is 1. The number of hydrogen-bond donors (Lipinski definition) is 2. The fourth-order valence-electron chi connectivity index (χ4n) is 2.73. The van der Waals surface area contributed by atoms with Gasteiger partial charge in [-0.2, -0.15) is 0 Å². The first-order valence-corrected chi connectivity index (χ1v) is 8.03. The lowest BCUT2D eigenvalue weighted by Crippen LogP contribution is -2.57. The Morgan fingerprint density at radius 2 is 2.14 bits per heavy atom. The molecule has 0 spiro atoms. The fraction of sp³-hybridized carbons (Fsp3) is 0.562. The minimum Gasteiger partial charge on any atom is -0.324 e. The van der Waals surface area contributed by atoms with Crippen LogP contribution in [0.2, 0.25) is 5.02 Å². The van der Waals surface area contributed by atoms with Gasteiger partial charge in [-0.05, 0) is 25.0 Å². The molecule has 0 aliphatic carbocycles. The van der Waals surface area contributed by atoms with Gasteiger partial charge in [0, 0.05) is 25.2 Å². The molecule has 1 aromatic carbocycles. The molecule has 0 radical (unpaired) electrons. The van der Waals surface area contributed by atoms with Crippen LogP contribution in [-0.4, -0.2) is 42.5 Å². The normalized spacial score (nSPS) is 23.0. The van der Waals surface area contributed by atoms with Crippen molar-refractivity contribution >= 4 is 23.2 Å². The topological polar surface area (TPSA) is 44.4 Å². The van der Waals surface area contributed by atoms with Crippen molar-refractivity contribution in [2.45, 2.75) is 38.8 Å². The molecule has 1 aromatic rings. The summed E-state index contributed by atoms with van der Waals surface area (Å²) in [4.78, 5) is 14.5. The molecule has 0 saturated carbocycles. The molecule has 1 aliphatic rings. The number of nitrogens with one attached hydrogen (secondary N) is 2. The number of piperazine rings is 1. The van der Waals surface area contributed by atoms with Crippen molar-refractivity contribution < 1.29 is 4.79 Å². The van der Waals surface area contributed by atoms with Gasteiger partial charge in [0.25, 0.3) is 0 Å². The Labute approximate surface area is 131 Å². The number of benzene rings is 1. The lowest BCUT2D eigenvalue weighted by Gasteiger charge is -2.39. The number of carbonyl (C=O) groups excluding carboxylic acids is 1. The minimum absolute atomic E-state index is 0.00157. The van der Waals surface area contributed by atoms with Crippen LogP contribution < -0.4 is 10.6 Å². The Morgan fingerprint density at radius 3 is 2.81 bits per heavy atom. The van der Waals surface area contributed by atoms with Gasteiger partial charge in [-0.15, -0.1) is 0 Å². The van der Waals surface area contributed by atoms with E-state index in [-0.39, 0.29) is 5.91 Å². The van der Waals surface area contributed by atoms with Crippen LogP contribution in [0.25, 0.3) is 0 Å². The highest BCUT2D eigenvalue weighted by molar-refractivity contribution is 6.33. The molecule has 116 valence electrons. The van der Waals surface area contributed by atoms with Crippen molar-refractivity contribution in [3.63, 3.8) is 0 Å². The molecular formula is C16H24ClN3O. The number of amides is 1. The molecule has 1 saturated heterocycles. The van der Waals surface area contributed by atoms with Crippen molar-refractivity contribution in [2.24, 2.45) is 0 Å². The third-order valence-electron chi connectivity index (χ3n) is 4.07. The van der Waals surface area contributed by atoms with Gasteiger partial charge < -0.3 is 10.6 Å². The van der Waals surface area contributed by atoms with Gasteiger partial charge in [0.15, 0.2) is 0 Å². The highest BCUT2D eigenvalue weighted by atomic mass is 35.5. The van der Waals surface area contributed by atoms with E-state index in [9.17, 15) is 4.79 Å². The Hall–Kier alpha value is -1.10. The molecule has 2 rings (SSSR count). The molecule has 1 heterocycles. The Morgan fingerprint density at radius 1 is 1.38 bits per heavy atom. The van der Waals surface area contributed by atoms with Crippen molar-refractivity contribution in [3.8, 4) is 0 Å². The van der Waals surface area contributed by atoms with Crippen LogP contribution in [0.5, 0.6) is 0 Å². The van der Waals surface area contributed by atoms with Gasteiger partial charge in [-0.1, -0.05) is 37.6 Å². The van der Waals surface area contributed by atoms with Gasteiger partial charge in [0.2, 0.25) is 5.91 Å². The first-order chi connectivity index (χ1) is 10.1. The monoisotopic (exact) mass is 309 g/mol. The molecule has 5 heteroatoms. The van der Waals surface area contributed by atoms with Crippen LogP contribution in [0.4, 0.5) is 5.69 Å². The Bertz CT molecular complexity index is 480. The summed E-state index contributed by atoms with van der Waals surface area (Å²) in [5.74, 6) is -0.00157. The predicted molar refractivity (Wildman–Crippen MR) is 87.8 cm³/mol. The second-order valence-corrected chi connectivity index (χ2v) is 5.94. The fourth-order valence-corrected chi connectivity index (χ4v) is 2.92. The van der Waals surface area contributed by atoms with E-state index < -0.39 is 0 Å². The van der Waals surface area contributed by atoms with Crippen LogP contribution in [0.15, 0.2) is 24.3 Å². The van der Waals surface area contributed by atoms with Crippen LogP contribution in [0.1, 0.15) is 26.7 Å². The van der Waals surface area contributed by atoms with E-state index in [1.165, 1.54) is 0 Å².